The van der Waals surface area contributed by atoms with Crippen LogP contribution in [0.5, 0.6) is 0 Å². The van der Waals surface area contributed by atoms with Gasteiger partial charge in [-0.05, 0) is 26.0 Å². The van der Waals surface area contributed by atoms with Gasteiger partial charge in [-0.15, -0.1) is 0 Å². The lowest BCUT2D eigenvalue weighted by atomic mass is 10.2. The quantitative estimate of drug-likeness (QED) is 0.707. The molecule has 0 saturated carbocycles. The highest BCUT2D eigenvalue weighted by Crippen LogP contribution is 2.13. The Bertz CT molecular complexity index is 424. The molecule has 2 rings (SSSR count). The van der Waals surface area contributed by atoms with Crippen molar-refractivity contribution in [2.45, 2.75) is 20.4 Å². The van der Waals surface area contributed by atoms with Gasteiger partial charge in [-0.25, -0.2) is 0 Å². The number of hydrogen-bond donors (Lipinski definition) is 0. The molecule has 0 unspecified atom stereocenters. The average molecular weight is 189 g/mol. The fourth-order valence-corrected chi connectivity index (χ4v) is 1.70. The topological polar surface area (TPSA) is 22.8 Å². The summed E-state index contributed by atoms with van der Waals surface area (Å²) in [6.45, 7) is 5.09. The highest BCUT2D eigenvalue weighted by molar-refractivity contribution is 5.24. The van der Waals surface area contributed by atoms with Crippen LogP contribution in [0.3, 0.4) is 0 Å². The smallest absolute Gasteiger partial charge is 0.0646 e. The van der Waals surface area contributed by atoms with E-state index in [2.05, 4.69) is 35.9 Å². The van der Waals surface area contributed by atoms with E-state index >= 15 is 0 Å². The third kappa shape index (κ3) is 1.45. The van der Waals surface area contributed by atoms with E-state index in [0.717, 1.165) is 12.2 Å². The van der Waals surface area contributed by atoms with Crippen molar-refractivity contribution in [3.05, 3.63) is 41.5 Å². The summed E-state index contributed by atoms with van der Waals surface area (Å²) in [6, 6.07) is 4.09. The molecule has 3 heteroatoms. The van der Waals surface area contributed by atoms with Crippen molar-refractivity contribution in [1.82, 2.24) is 14.3 Å². The van der Waals surface area contributed by atoms with Gasteiger partial charge in [-0.3, -0.25) is 4.68 Å². The van der Waals surface area contributed by atoms with E-state index in [9.17, 15) is 0 Å². The maximum Gasteiger partial charge on any atom is 0.0646 e. The SMILES string of the molecule is Cc1nn(C)c(C)c1Cn1cccc1. The standard InChI is InChI=1S/C11H15N3/c1-9-11(10(2)13(3)12-9)8-14-6-4-5-7-14/h4-7H,8H2,1-3H3. The van der Waals surface area contributed by atoms with Crippen LogP contribution in [-0.4, -0.2) is 14.3 Å². The lowest BCUT2D eigenvalue weighted by molar-refractivity contribution is 0.727. The number of rotatable bonds is 2. The van der Waals surface area contributed by atoms with Crippen LogP contribution >= 0.6 is 0 Å². The Morgan fingerprint density at radius 1 is 1.21 bits per heavy atom. The summed E-state index contributed by atoms with van der Waals surface area (Å²) >= 11 is 0. The maximum absolute atomic E-state index is 4.39. The van der Waals surface area contributed by atoms with Crippen molar-refractivity contribution in [2.24, 2.45) is 7.05 Å². The Hall–Kier alpha value is -1.51. The van der Waals surface area contributed by atoms with Crippen molar-refractivity contribution < 1.29 is 0 Å². The van der Waals surface area contributed by atoms with Gasteiger partial charge in [0.2, 0.25) is 0 Å². The molecule has 2 aromatic heterocycles. The van der Waals surface area contributed by atoms with Crippen LogP contribution < -0.4 is 0 Å². The Balaban J connectivity index is 2.33. The molecule has 0 aliphatic heterocycles. The van der Waals surface area contributed by atoms with E-state index in [-0.39, 0.29) is 0 Å². The Morgan fingerprint density at radius 3 is 2.36 bits per heavy atom. The number of aromatic nitrogens is 3. The van der Waals surface area contributed by atoms with E-state index < -0.39 is 0 Å². The van der Waals surface area contributed by atoms with Gasteiger partial charge >= 0.3 is 0 Å². The Morgan fingerprint density at radius 2 is 1.86 bits per heavy atom. The fourth-order valence-electron chi connectivity index (χ4n) is 1.70. The first kappa shape index (κ1) is 9.06. The fraction of sp³-hybridized carbons (Fsp3) is 0.364. The second-order valence-corrected chi connectivity index (χ2v) is 3.63. The lowest BCUT2D eigenvalue weighted by Crippen LogP contribution is -1.99. The molecule has 74 valence electrons. The Kier molecular flexibility index (Phi) is 2.15. The molecule has 0 spiro atoms. The summed E-state index contributed by atoms with van der Waals surface area (Å²) in [7, 11) is 1.99. The van der Waals surface area contributed by atoms with Crippen molar-refractivity contribution in [1.29, 1.82) is 0 Å². The van der Waals surface area contributed by atoms with Gasteiger partial charge in [-0.2, -0.15) is 5.10 Å². The van der Waals surface area contributed by atoms with E-state index in [0.29, 0.717) is 0 Å². The van der Waals surface area contributed by atoms with Gasteiger partial charge in [0.25, 0.3) is 0 Å². The lowest BCUT2D eigenvalue weighted by Gasteiger charge is -2.03. The monoisotopic (exact) mass is 189 g/mol. The summed E-state index contributed by atoms with van der Waals surface area (Å²) < 4.78 is 4.10. The molecule has 0 bridgehead atoms. The zero-order valence-corrected chi connectivity index (χ0v) is 8.86. The second kappa shape index (κ2) is 3.33. The summed E-state index contributed by atoms with van der Waals surface area (Å²) in [5.41, 5.74) is 3.69. The van der Waals surface area contributed by atoms with Crippen molar-refractivity contribution in [3.63, 3.8) is 0 Å². The van der Waals surface area contributed by atoms with Crippen molar-refractivity contribution in [3.8, 4) is 0 Å². The molecular formula is C11H15N3. The molecule has 0 amide bonds. The third-order valence-electron chi connectivity index (χ3n) is 2.67. The largest absolute Gasteiger partial charge is 0.350 e. The van der Waals surface area contributed by atoms with E-state index in [1.807, 2.05) is 23.9 Å². The molecule has 0 saturated heterocycles. The number of aryl methyl sites for hydroxylation is 2. The van der Waals surface area contributed by atoms with Crippen LogP contribution in [0.2, 0.25) is 0 Å². The highest BCUT2D eigenvalue weighted by atomic mass is 15.3. The predicted octanol–water partition coefficient (Wildman–Crippen LogP) is 1.89. The zero-order valence-electron chi connectivity index (χ0n) is 8.86. The minimum absolute atomic E-state index is 0.915. The third-order valence-corrected chi connectivity index (χ3v) is 2.67. The summed E-state index contributed by atoms with van der Waals surface area (Å²) in [5.74, 6) is 0. The van der Waals surface area contributed by atoms with Crippen LogP contribution in [0, 0.1) is 13.8 Å². The summed E-state index contributed by atoms with van der Waals surface area (Å²) in [5, 5.41) is 4.39. The highest BCUT2D eigenvalue weighted by Gasteiger charge is 2.08. The summed E-state index contributed by atoms with van der Waals surface area (Å²) in [4.78, 5) is 0. The van der Waals surface area contributed by atoms with Gasteiger partial charge in [-0.1, -0.05) is 0 Å². The molecule has 2 aromatic rings. The maximum atomic E-state index is 4.39. The van der Waals surface area contributed by atoms with E-state index in [1.54, 1.807) is 0 Å². The van der Waals surface area contributed by atoms with Gasteiger partial charge in [0.15, 0.2) is 0 Å². The van der Waals surface area contributed by atoms with Gasteiger partial charge in [0.05, 0.1) is 12.2 Å². The molecule has 3 nitrogen and oxygen atoms in total. The van der Waals surface area contributed by atoms with Crippen LogP contribution in [0.15, 0.2) is 24.5 Å². The zero-order chi connectivity index (χ0) is 10.1. The molecule has 0 aliphatic carbocycles. The molecule has 0 radical (unpaired) electrons. The minimum Gasteiger partial charge on any atom is -0.350 e. The minimum atomic E-state index is 0.915. The van der Waals surface area contributed by atoms with Crippen LogP contribution in [-0.2, 0) is 13.6 Å². The molecule has 2 heterocycles. The normalized spacial score (nSPS) is 10.8. The molecular weight excluding hydrogens is 174 g/mol. The summed E-state index contributed by atoms with van der Waals surface area (Å²) in [6.07, 6.45) is 4.15. The van der Waals surface area contributed by atoms with Crippen molar-refractivity contribution in [2.75, 3.05) is 0 Å². The van der Waals surface area contributed by atoms with Gasteiger partial charge < -0.3 is 4.57 Å². The van der Waals surface area contributed by atoms with Gasteiger partial charge in [0.1, 0.15) is 0 Å². The molecule has 0 aromatic carbocycles. The number of hydrogen-bond acceptors (Lipinski definition) is 1. The molecule has 0 fully saturated rings. The molecule has 0 N–H and O–H groups in total. The van der Waals surface area contributed by atoms with E-state index in [1.165, 1.54) is 11.3 Å². The van der Waals surface area contributed by atoms with Crippen molar-refractivity contribution >= 4 is 0 Å². The van der Waals surface area contributed by atoms with Crippen LogP contribution in [0.25, 0.3) is 0 Å². The van der Waals surface area contributed by atoms with Crippen LogP contribution in [0.4, 0.5) is 0 Å². The Labute approximate surface area is 84.0 Å². The first-order valence-electron chi connectivity index (χ1n) is 4.78. The average Bonchev–Trinajstić information content (AvgIpc) is 2.71. The first-order valence-corrected chi connectivity index (χ1v) is 4.78. The van der Waals surface area contributed by atoms with Crippen LogP contribution in [0.1, 0.15) is 17.0 Å². The van der Waals surface area contributed by atoms with Gasteiger partial charge in [0, 0.05) is 30.7 Å². The molecule has 0 atom stereocenters. The number of nitrogens with zero attached hydrogens (tertiary/aromatic N) is 3. The predicted molar refractivity (Wildman–Crippen MR) is 56.2 cm³/mol. The molecule has 14 heavy (non-hydrogen) atoms. The van der Waals surface area contributed by atoms with E-state index in [4.69, 9.17) is 0 Å². The molecule has 0 aliphatic rings. The second-order valence-electron chi connectivity index (χ2n) is 3.63. The first-order chi connectivity index (χ1) is 6.68.